The highest BCUT2D eigenvalue weighted by Gasteiger charge is 2.39. The molecular weight excluding hydrogens is 380 g/mol. The first kappa shape index (κ1) is 18.4. The van der Waals surface area contributed by atoms with Crippen molar-refractivity contribution in [2.24, 2.45) is 5.73 Å². The number of para-hydroxylation sites is 2. The Balaban J connectivity index is 1.55. The van der Waals surface area contributed by atoms with Gasteiger partial charge in [-0.1, -0.05) is 36.4 Å². The Morgan fingerprint density at radius 1 is 1.03 bits per heavy atom. The number of hydrogen-bond acceptors (Lipinski definition) is 4. The molecule has 2 aromatic carbocycles. The molecule has 7 heteroatoms. The molecule has 30 heavy (non-hydrogen) atoms. The topological polar surface area (TPSA) is 101 Å². The van der Waals surface area contributed by atoms with Gasteiger partial charge in [0.25, 0.3) is 5.91 Å². The van der Waals surface area contributed by atoms with E-state index in [2.05, 4.69) is 10.2 Å². The molecule has 3 aromatic rings. The normalized spacial score (nSPS) is 18.3. The van der Waals surface area contributed by atoms with Crippen molar-refractivity contribution in [3.63, 3.8) is 0 Å². The van der Waals surface area contributed by atoms with Gasteiger partial charge in [-0.3, -0.25) is 14.7 Å². The predicted octanol–water partition coefficient (Wildman–Crippen LogP) is 3.50. The number of H-pyrrole nitrogens is 1. The summed E-state index contributed by atoms with van der Waals surface area (Å²) < 4.78 is 6.05. The molecule has 2 aliphatic rings. The number of nitrogens with one attached hydrogen (secondary N) is 1. The van der Waals surface area contributed by atoms with E-state index in [0.717, 1.165) is 36.1 Å². The highest BCUT2D eigenvalue weighted by atomic mass is 16.5. The molecule has 7 nitrogen and oxygen atoms in total. The zero-order valence-electron chi connectivity index (χ0n) is 16.4. The lowest BCUT2D eigenvalue weighted by molar-refractivity contribution is -0.136. The van der Waals surface area contributed by atoms with E-state index in [-0.39, 0.29) is 17.6 Å². The van der Waals surface area contributed by atoms with Crippen LogP contribution >= 0.6 is 0 Å². The van der Waals surface area contributed by atoms with Crippen LogP contribution in [-0.2, 0) is 4.79 Å². The minimum absolute atomic E-state index is 0.0260. The van der Waals surface area contributed by atoms with Gasteiger partial charge < -0.3 is 15.4 Å². The zero-order valence-corrected chi connectivity index (χ0v) is 16.4. The first-order valence-electron chi connectivity index (χ1n) is 10.1. The molecule has 0 radical (unpaired) electrons. The Hall–Kier alpha value is -3.61. The van der Waals surface area contributed by atoms with Crippen LogP contribution in [0.2, 0.25) is 0 Å². The number of carbonyl (C=O) groups is 2. The van der Waals surface area contributed by atoms with Crippen LogP contribution in [0.1, 0.15) is 58.5 Å². The van der Waals surface area contributed by atoms with Crippen LogP contribution < -0.4 is 10.5 Å². The number of fused-ring (bicyclic) bond motifs is 2. The number of nitrogens with zero attached hydrogens (tertiary/aromatic N) is 2. The smallest absolute Gasteiger partial charge is 0.269 e. The van der Waals surface area contributed by atoms with Gasteiger partial charge in [0.05, 0.1) is 17.7 Å². The van der Waals surface area contributed by atoms with Crippen LogP contribution in [0.5, 0.6) is 11.5 Å². The van der Waals surface area contributed by atoms with Crippen LogP contribution in [0.25, 0.3) is 0 Å². The number of nitrogens with two attached hydrogens (primary N) is 1. The molecular formula is C23H22N4O3. The van der Waals surface area contributed by atoms with Gasteiger partial charge in [-0.2, -0.15) is 5.10 Å². The van der Waals surface area contributed by atoms with E-state index in [1.165, 1.54) is 0 Å². The van der Waals surface area contributed by atoms with Gasteiger partial charge in [0.15, 0.2) is 0 Å². The molecule has 1 saturated heterocycles. The molecule has 1 unspecified atom stereocenters. The molecule has 1 fully saturated rings. The average molecular weight is 402 g/mol. The Bertz CT molecular complexity index is 1080. The molecule has 2 amide bonds. The van der Waals surface area contributed by atoms with E-state index >= 15 is 0 Å². The summed E-state index contributed by atoms with van der Waals surface area (Å²) in [4.78, 5) is 27.3. The van der Waals surface area contributed by atoms with Gasteiger partial charge in [0.1, 0.15) is 17.2 Å². The molecule has 3 heterocycles. The van der Waals surface area contributed by atoms with Gasteiger partial charge in [-0.25, -0.2) is 0 Å². The quantitative estimate of drug-likeness (QED) is 0.700. The van der Waals surface area contributed by atoms with Crippen molar-refractivity contribution in [3.05, 3.63) is 77.1 Å². The van der Waals surface area contributed by atoms with Crippen LogP contribution in [0.3, 0.4) is 0 Å². The second-order valence-corrected chi connectivity index (χ2v) is 7.73. The van der Waals surface area contributed by atoms with Crippen LogP contribution in [-0.4, -0.2) is 33.5 Å². The van der Waals surface area contributed by atoms with E-state index in [1.807, 2.05) is 53.4 Å². The minimum atomic E-state index is -0.585. The summed E-state index contributed by atoms with van der Waals surface area (Å²) in [5, 5.41) is 6.93. The standard InChI is InChI=1S/C23H22N4O3/c24-22(28)17-13-16(25-26-17)18-9-5-6-12-27(18)23(29)21-14-7-1-3-10-19(14)30-20-11-4-2-8-15(20)21/h1-4,7-8,10-11,13,18,21H,5-6,9,12H2,(H2,24,28)(H,25,26). The molecule has 1 aromatic heterocycles. The minimum Gasteiger partial charge on any atom is -0.457 e. The van der Waals surface area contributed by atoms with Crippen molar-refractivity contribution >= 4 is 11.8 Å². The Labute approximate surface area is 173 Å². The fourth-order valence-corrected chi connectivity index (χ4v) is 4.49. The highest BCUT2D eigenvalue weighted by molar-refractivity contribution is 5.91. The number of hydrogen-bond donors (Lipinski definition) is 2. The molecule has 0 aliphatic carbocycles. The second-order valence-electron chi connectivity index (χ2n) is 7.73. The van der Waals surface area contributed by atoms with E-state index in [1.54, 1.807) is 6.07 Å². The first-order valence-corrected chi connectivity index (χ1v) is 10.1. The summed E-state index contributed by atoms with van der Waals surface area (Å²) in [6.45, 7) is 0.649. The highest BCUT2D eigenvalue weighted by Crippen LogP contribution is 2.46. The number of benzene rings is 2. The van der Waals surface area contributed by atoms with Crippen molar-refractivity contribution in [2.45, 2.75) is 31.2 Å². The molecule has 0 bridgehead atoms. The third-order valence-electron chi connectivity index (χ3n) is 5.92. The number of likely N-dealkylation sites (tertiary alicyclic amines) is 1. The summed E-state index contributed by atoms with van der Waals surface area (Å²) >= 11 is 0. The number of carbonyl (C=O) groups excluding carboxylic acids is 2. The third kappa shape index (κ3) is 3.03. The van der Waals surface area contributed by atoms with Crippen molar-refractivity contribution in [3.8, 4) is 11.5 Å². The maximum atomic E-state index is 13.9. The number of primary amides is 1. The first-order chi connectivity index (χ1) is 14.6. The molecule has 1 atom stereocenters. The van der Waals surface area contributed by atoms with Gasteiger partial charge in [0.2, 0.25) is 5.91 Å². The molecule has 3 N–H and O–H groups in total. The van der Waals surface area contributed by atoms with Crippen LogP contribution in [0.4, 0.5) is 0 Å². The summed E-state index contributed by atoms with van der Waals surface area (Å²) in [5.74, 6) is 0.420. The zero-order chi connectivity index (χ0) is 20.7. The Morgan fingerprint density at radius 3 is 2.33 bits per heavy atom. The van der Waals surface area contributed by atoms with E-state index in [0.29, 0.717) is 18.0 Å². The number of piperidine rings is 1. The van der Waals surface area contributed by atoms with Crippen molar-refractivity contribution in [1.82, 2.24) is 15.1 Å². The van der Waals surface area contributed by atoms with Crippen molar-refractivity contribution < 1.29 is 14.3 Å². The van der Waals surface area contributed by atoms with Crippen LogP contribution in [0.15, 0.2) is 54.6 Å². The molecule has 2 aliphatic heterocycles. The third-order valence-corrected chi connectivity index (χ3v) is 5.92. The summed E-state index contributed by atoms with van der Waals surface area (Å²) in [7, 11) is 0. The number of rotatable bonds is 3. The van der Waals surface area contributed by atoms with Gasteiger partial charge in [0, 0.05) is 17.7 Å². The van der Waals surface area contributed by atoms with Gasteiger partial charge >= 0.3 is 0 Å². The molecule has 152 valence electrons. The summed E-state index contributed by atoms with van der Waals surface area (Å²) in [5.41, 5.74) is 8.02. The van der Waals surface area contributed by atoms with Crippen LogP contribution in [0, 0.1) is 0 Å². The maximum Gasteiger partial charge on any atom is 0.269 e. The monoisotopic (exact) mass is 402 g/mol. The lowest BCUT2D eigenvalue weighted by Crippen LogP contribution is -2.42. The van der Waals surface area contributed by atoms with Gasteiger partial charge in [-0.15, -0.1) is 0 Å². The maximum absolute atomic E-state index is 13.9. The summed E-state index contributed by atoms with van der Waals surface area (Å²) in [6, 6.07) is 16.9. The lowest BCUT2D eigenvalue weighted by Gasteiger charge is -2.39. The van der Waals surface area contributed by atoms with Gasteiger partial charge in [-0.05, 0) is 37.5 Å². The number of amides is 2. The molecule has 0 spiro atoms. The second kappa shape index (κ2) is 7.33. The molecule has 0 saturated carbocycles. The molecule has 5 rings (SSSR count). The fourth-order valence-electron chi connectivity index (χ4n) is 4.49. The largest absolute Gasteiger partial charge is 0.457 e. The number of aromatic nitrogens is 2. The summed E-state index contributed by atoms with van der Waals surface area (Å²) in [6.07, 6.45) is 2.74. The van der Waals surface area contributed by atoms with Crippen molar-refractivity contribution in [2.75, 3.05) is 6.54 Å². The lowest BCUT2D eigenvalue weighted by atomic mass is 9.85. The fraction of sp³-hybridized carbons (Fsp3) is 0.261. The number of aromatic amines is 1. The number of ether oxygens (including phenoxy) is 1. The van der Waals surface area contributed by atoms with E-state index < -0.39 is 11.8 Å². The van der Waals surface area contributed by atoms with E-state index in [4.69, 9.17) is 10.5 Å². The van der Waals surface area contributed by atoms with E-state index in [9.17, 15) is 9.59 Å². The SMILES string of the molecule is NC(=O)c1cc(C2CCCCN2C(=O)C2c3ccccc3Oc3ccccc32)[nH]n1. The Morgan fingerprint density at radius 2 is 1.70 bits per heavy atom. The van der Waals surface area contributed by atoms with Crippen molar-refractivity contribution in [1.29, 1.82) is 0 Å². The average Bonchev–Trinajstić information content (AvgIpc) is 3.27. The predicted molar refractivity (Wildman–Crippen MR) is 110 cm³/mol. The Kier molecular flexibility index (Phi) is 4.50.